The number of rotatable bonds is 7. The van der Waals surface area contributed by atoms with Gasteiger partial charge >= 0.3 is 0 Å². The average molecular weight is 497 g/mol. The lowest BCUT2D eigenvalue weighted by atomic mass is 10.0. The molecule has 0 spiro atoms. The summed E-state index contributed by atoms with van der Waals surface area (Å²) in [6.07, 6.45) is 0. The van der Waals surface area contributed by atoms with Crippen molar-refractivity contribution >= 4 is 56.2 Å². The predicted octanol–water partition coefficient (Wildman–Crippen LogP) is 4.74. The second kappa shape index (κ2) is 9.31. The van der Waals surface area contributed by atoms with Crippen LogP contribution in [-0.4, -0.2) is 32.3 Å². The van der Waals surface area contributed by atoms with E-state index in [9.17, 15) is 13.2 Å². The van der Waals surface area contributed by atoms with Gasteiger partial charge in [0.15, 0.2) is 0 Å². The first-order valence-electron chi connectivity index (χ1n) is 9.28. The van der Waals surface area contributed by atoms with Crippen LogP contribution in [-0.2, 0) is 14.9 Å². The Morgan fingerprint density at radius 1 is 1.28 bits per heavy atom. The first kappa shape index (κ1) is 23.8. The standard InChI is InChI=1S/C20H21ClN4O5S2/c1-10-8-11(2)17(14(9-10)12(3)23-29-5)22-19(26)18-15(6-7-31-18)32(27,28)25-20-16(21)13(4)24-30-20/h6-9,25H,1-5H3,(H,22,26)/b23-12+. The van der Waals surface area contributed by atoms with Crippen molar-refractivity contribution in [1.82, 2.24) is 5.16 Å². The van der Waals surface area contributed by atoms with Gasteiger partial charge < -0.3 is 14.7 Å². The zero-order chi connectivity index (χ0) is 23.6. The minimum atomic E-state index is -4.16. The Morgan fingerprint density at radius 3 is 2.62 bits per heavy atom. The molecule has 0 aliphatic rings. The van der Waals surface area contributed by atoms with Gasteiger partial charge in [-0.15, -0.1) is 11.3 Å². The Balaban J connectivity index is 1.96. The minimum Gasteiger partial charge on any atom is -0.399 e. The topological polar surface area (TPSA) is 123 Å². The van der Waals surface area contributed by atoms with Crippen LogP contribution < -0.4 is 10.0 Å². The Morgan fingerprint density at radius 2 is 2.00 bits per heavy atom. The molecule has 3 aromatic rings. The van der Waals surface area contributed by atoms with E-state index < -0.39 is 15.9 Å². The van der Waals surface area contributed by atoms with Crippen molar-refractivity contribution in [2.24, 2.45) is 5.16 Å². The molecule has 1 aromatic carbocycles. The number of halogens is 1. The molecule has 1 amide bonds. The average Bonchev–Trinajstić information content (AvgIpc) is 3.33. The number of amides is 1. The number of oxime groups is 1. The molecule has 0 aliphatic heterocycles. The fourth-order valence-electron chi connectivity index (χ4n) is 3.05. The van der Waals surface area contributed by atoms with E-state index in [0.29, 0.717) is 22.7 Å². The van der Waals surface area contributed by atoms with Gasteiger partial charge in [0, 0.05) is 5.56 Å². The van der Waals surface area contributed by atoms with Gasteiger partial charge in [-0.25, -0.2) is 13.1 Å². The van der Waals surface area contributed by atoms with Crippen LogP contribution in [0.5, 0.6) is 0 Å². The van der Waals surface area contributed by atoms with Gasteiger partial charge in [0.1, 0.15) is 27.6 Å². The number of thiophene rings is 1. The number of aryl methyl sites for hydroxylation is 3. The van der Waals surface area contributed by atoms with Crippen LogP contribution in [0.1, 0.15) is 39.0 Å². The number of hydrogen-bond acceptors (Lipinski definition) is 8. The van der Waals surface area contributed by atoms with Crippen LogP contribution in [0.2, 0.25) is 5.02 Å². The van der Waals surface area contributed by atoms with E-state index in [4.69, 9.17) is 21.0 Å². The molecule has 0 saturated heterocycles. The number of carbonyl (C=O) groups is 1. The smallest absolute Gasteiger partial charge is 0.267 e. The highest BCUT2D eigenvalue weighted by Gasteiger charge is 2.27. The SMILES string of the molecule is CO/N=C(\C)c1cc(C)cc(C)c1NC(=O)c1sccc1S(=O)(=O)Nc1onc(C)c1Cl. The summed E-state index contributed by atoms with van der Waals surface area (Å²) >= 11 is 7.00. The summed E-state index contributed by atoms with van der Waals surface area (Å²) in [4.78, 5) is 17.8. The highest BCUT2D eigenvalue weighted by molar-refractivity contribution is 7.93. The maximum absolute atomic E-state index is 13.1. The molecule has 2 N–H and O–H groups in total. The number of carbonyl (C=O) groups excluding carboxylic acids is 1. The summed E-state index contributed by atoms with van der Waals surface area (Å²) in [7, 11) is -2.73. The molecule has 0 aliphatic carbocycles. The van der Waals surface area contributed by atoms with Crippen molar-refractivity contribution in [2.45, 2.75) is 32.6 Å². The van der Waals surface area contributed by atoms with Crippen molar-refractivity contribution in [2.75, 3.05) is 17.1 Å². The van der Waals surface area contributed by atoms with Crippen molar-refractivity contribution in [1.29, 1.82) is 0 Å². The second-order valence-corrected chi connectivity index (χ2v) is 9.89. The molecule has 12 heteroatoms. The van der Waals surface area contributed by atoms with Crippen LogP contribution in [0.4, 0.5) is 11.6 Å². The molecule has 170 valence electrons. The summed E-state index contributed by atoms with van der Waals surface area (Å²) in [5, 5.41) is 12.0. The van der Waals surface area contributed by atoms with Gasteiger partial charge in [0.2, 0.25) is 0 Å². The van der Waals surface area contributed by atoms with E-state index in [1.807, 2.05) is 26.0 Å². The van der Waals surface area contributed by atoms with Gasteiger partial charge in [0.05, 0.1) is 11.4 Å². The third kappa shape index (κ3) is 4.79. The highest BCUT2D eigenvalue weighted by atomic mass is 35.5. The van der Waals surface area contributed by atoms with E-state index in [2.05, 4.69) is 20.4 Å². The Hall–Kier alpha value is -2.89. The maximum atomic E-state index is 13.1. The van der Waals surface area contributed by atoms with Crippen LogP contribution in [0.15, 0.2) is 38.2 Å². The number of hydrogen-bond donors (Lipinski definition) is 2. The van der Waals surface area contributed by atoms with Crippen LogP contribution in [0.25, 0.3) is 0 Å². The largest absolute Gasteiger partial charge is 0.399 e. The summed E-state index contributed by atoms with van der Waals surface area (Å²) in [6, 6.07) is 5.10. The molecule has 0 fully saturated rings. The first-order chi connectivity index (χ1) is 15.0. The number of nitrogens with zero attached hydrogens (tertiary/aromatic N) is 2. The van der Waals surface area contributed by atoms with Crippen molar-refractivity contribution in [3.8, 4) is 0 Å². The molecule has 0 saturated carbocycles. The lowest BCUT2D eigenvalue weighted by molar-refractivity contribution is 0.102. The van der Waals surface area contributed by atoms with Gasteiger partial charge in [-0.3, -0.25) is 4.79 Å². The lowest BCUT2D eigenvalue weighted by Crippen LogP contribution is -2.20. The Labute approximate surface area is 194 Å². The lowest BCUT2D eigenvalue weighted by Gasteiger charge is -2.15. The van der Waals surface area contributed by atoms with Crippen LogP contribution >= 0.6 is 22.9 Å². The quantitative estimate of drug-likeness (QED) is 0.360. The van der Waals surface area contributed by atoms with E-state index in [0.717, 1.165) is 22.5 Å². The van der Waals surface area contributed by atoms with Gasteiger partial charge in [-0.2, -0.15) is 0 Å². The molecule has 0 bridgehead atoms. The molecule has 0 atom stereocenters. The number of benzene rings is 1. The van der Waals surface area contributed by atoms with Gasteiger partial charge in [-0.1, -0.05) is 33.5 Å². The fraction of sp³-hybridized carbons (Fsp3) is 0.250. The van der Waals surface area contributed by atoms with Crippen molar-refractivity contribution in [3.63, 3.8) is 0 Å². The molecule has 2 heterocycles. The number of anilines is 2. The van der Waals surface area contributed by atoms with Gasteiger partial charge in [0.25, 0.3) is 21.8 Å². The Kier molecular flexibility index (Phi) is 6.91. The Bertz CT molecular complexity index is 1310. The summed E-state index contributed by atoms with van der Waals surface area (Å²) in [5.74, 6) is -0.802. The van der Waals surface area contributed by atoms with E-state index >= 15 is 0 Å². The normalized spacial score (nSPS) is 12.0. The van der Waals surface area contributed by atoms with Crippen molar-refractivity contribution in [3.05, 3.63) is 55.9 Å². The minimum absolute atomic E-state index is 0.00267. The number of nitrogens with one attached hydrogen (secondary N) is 2. The molecule has 3 rings (SSSR count). The van der Waals surface area contributed by atoms with E-state index in [1.165, 1.54) is 18.6 Å². The third-order valence-electron chi connectivity index (χ3n) is 4.48. The molecular weight excluding hydrogens is 476 g/mol. The van der Waals surface area contributed by atoms with Crippen LogP contribution in [0, 0.1) is 20.8 Å². The molecule has 0 unspecified atom stereocenters. The predicted molar refractivity (Wildman–Crippen MR) is 124 cm³/mol. The highest BCUT2D eigenvalue weighted by Crippen LogP contribution is 2.31. The summed E-state index contributed by atoms with van der Waals surface area (Å²) in [6.45, 7) is 7.09. The number of aromatic nitrogens is 1. The van der Waals surface area contributed by atoms with E-state index in [1.54, 1.807) is 13.8 Å². The monoisotopic (exact) mass is 496 g/mol. The maximum Gasteiger partial charge on any atom is 0.267 e. The van der Waals surface area contributed by atoms with E-state index in [-0.39, 0.29) is 20.7 Å². The first-order valence-corrected chi connectivity index (χ1v) is 12.0. The molecule has 0 radical (unpaired) electrons. The van der Waals surface area contributed by atoms with Crippen molar-refractivity contribution < 1.29 is 22.6 Å². The molecule has 32 heavy (non-hydrogen) atoms. The third-order valence-corrected chi connectivity index (χ3v) is 7.34. The zero-order valence-corrected chi connectivity index (χ0v) is 20.3. The summed E-state index contributed by atoms with van der Waals surface area (Å²) in [5.41, 5.74) is 3.85. The number of sulfonamides is 1. The molecule has 2 aromatic heterocycles. The summed E-state index contributed by atoms with van der Waals surface area (Å²) < 4.78 is 33.0. The second-order valence-electron chi connectivity index (χ2n) is 6.95. The van der Waals surface area contributed by atoms with Gasteiger partial charge in [-0.05, 0) is 50.8 Å². The molecular formula is C20H21ClN4O5S2. The fourth-order valence-corrected chi connectivity index (χ4v) is 5.54. The molecule has 9 nitrogen and oxygen atoms in total. The zero-order valence-electron chi connectivity index (χ0n) is 17.9. The van der Waals surface area contributed by atoms with Crippen LogP contribution in [0.3, 0.4) is 0 Å².